The van der Waals surface area contributed by atoms with Gasteiger partial charge >= 0.3 is 0 Å². The quantitative estimate of drug-likeness (QED) is 0.895. The molecule has 3 nitrogen and oxygen atoms in total. The summed E-state index contributed by atoms with van der Waals surface area (Å²) in [6.07, 6.45) is 5.44. The fourth-order valence-electron chi connectivity index (χ4n) is 3.97. The van der Waals surface area contributed by atoms with Crippen LogP contribution in [-0.2, 0) is 4.79 Å². The molecule has 0 aromatic heterocycles. The van der Waals surface area contributed by atoms with Crippen molar-refractivity contribution in [3.05, 3.63) is 30.3 Å². The second-order valence-corrected chi connectivity index (χ2v) is 6.30. The molecule has 4 atom stereocenters. The molecule has 2 saturated carbocycles. The van der Waals surface area contributed by atoms with Crippen LogP contribution in [0.4, 0.5) is 0 Å². The highest BCUT2D eigenvalue weighted by Gasteiger charge is 2.42. The van der Waals surface area contributed by atoms with E-state index in [0.29, 0.717) is 5.92 Å². The van der Waals surface area contributed by atoms with Gasteiger partial charge in [-0.2, -0.15) is 0 Å². The average Bonchev–Trinajstić information content (AvgIpc) is 3.09. The summed E-state index contributed by atoms with van der Waals surface area (Å²) >= 11 is 0. The van der Waals surface area contributed by atoms with Crippen molar-refractivity contribution < 1.29 is 9.53 Å². The number of carbonyl (C=O) groups excluding carboxylic acids is 1. The summed E-state index contributed by atoms with van der Waals surface area (Å²) in [6.45, 7) is 2.25. The van der Waals surface area contributed by atoms with Crippen LogP contribution in [0.5, 0.6) is 5.75 Å². The summed E-state index contributed by atoms with van der Waals surface area (Å²) < 4.78 is 5.48. The molecule has 108 valence electrons. The van der Waals surface area contributed by atoms with Crippen LogP contribution in [0.2, 0.25) is 0 Å². The summed E-state index contributed by atoms with van der Waals surface area (Å²) in [6, 6.07) is 9.76. The molecular weight excluding hydrogens is 250 g/mol. The SMILES string of the molecule is C[C@H](NC(=O)COc1ccccc1)[C@H]1C[C@@H]2CC[C@H]1C2. The highest BCUT2D eigenvalue weighted by atomic mass is 16.5. The molecule has 2 bridgehead atoms. The molecule has 1 N–H and O–H groups in total. The zero-order chi connectivity index (χ0) is 13.9. The van der Waals surface area contributed by atoms with E-state index in [1.165, 1.54) is 25.7 Å². The van der Waals surface area contributed by atoms with Gasteiger partial charge in [0.2, 0.25) is 0 Å². The average molecular weight is 273 g/mol. The number of para-hydroxylation sites is 1. The number of hydrogen-bond donors (Lipinski definition) is 1. The van der Waals surface area contributed by atoms with Crippen molar-refractivity contribution in [2.24, 2.45) is 17.8 Å². The van der Waals surface area contributed by atoms with Gasteiger partial charge in [0.25, 0.3) is 5.91 Å². The van der Waals surface area contributed by atoms with Crippen molar-refractivity contribution in [1.29, 1.82) is 0 Å². The molecule has 0 radical (unpaired) electrons. The third-order valence-corrected chi connectivity index (χ3v) is 4.94. The molecular formula is C17H23NO2. The van der Waals surface area contributed by atoms with Crippen molar-refractivity contribution in [1.82, 2.24) is 5.32 Å². The fourth-order valence-corrected chi connectivity index (χ4v) is 3.97. The van der Waals surface area contributed by atoms with Gasteiger partial charge in [-0.25, -0.2) is 0 Å². The summed E-state index contributed by atoms with van der Waals surface area (Å²) in [4.78, 5) is 12.0. The van der Waals surface area contributed by atoms with Crippen LogP contribution >= 0.6 is 0 Å². The number of rotatable bonds is 5. The smallest absolute Gasteiger partial charge is 0.258 e. The lowest BCUT2D eigenvalue weighted by atomic mass is 9.84. The first-order valence-electron chi connectivity index (χ1n) is 7.69. The lowest BCUT2D eigenvalue weighted by Gasteiger charge is -2.28. The number of amides is 1. The Balaban J connectivity index is 1.44. The van der Waals surface area contributed by atoms with Crippen LogP contribution < -0.4 is 10.1 Å². The molecule has 3 heteroatoms. The Morgan fingerprint density at radius 1 is 1.30 bits per heavy atom. The third-order valence-electron chi connectivity index (χ3n) is 4.94. The van der Waals surface area contributed by atoms with Crippen LogP contribution in [0, 0.1) is 17.8 Å². The van der Waals surface area contributed by atoms with E-state index in [1.807, 2.05) is 30.3 Å². The Hall–Kier alpha value is -1.51. The molecule has 0 spiro atoms. The second kappa shape index (κ2) is 5.86. The summed E-state index contributed by atoms with van der Waals surface area (Å²) in [7, 11) is 0. The maximum absolute atomic E-state index is 12.0. The van der Waals surface area contributed by atoms with Crippen molar-refractivity contribution in [3.8, 4) is 5.75 Å². The van der Waals surface area contributed by atoms with Crippen LogP contribution in [0.15, 0.2) is 30.3 Å². The first kappa shape index (κ1) is 13.5. The van der Waals surface area contributed by atoms with E-state index in [9.17, 15) is 4.79 Å². The lowest BCUT2D eigenvalue weighted by molar-refractivity contribution is -0.124. The van der Waals surface area contributed by atoms with Gasteiger partial charge in [0.1, 0.15) is 5.75 Å². The van der Waals surface area contributed by atoms with E-state index >= 15 is 0 Å². The Morgan fingerprint density at radius 2 is 2.10 bits per heavy atom. The molecule has 0 aliphatic heterocycles. The Labute approximate surface area is 120 Å². The monoisotopic (exact) mass is 273 g/mol. The zero-order valence-corrected chi connectivity index (χ0v) is 12.0. The standard InChI is InChI=1S/C17H23NO2/c1-12(16-10-13-7-8-14(16)9-13)18-17(19)11-20-15-5-3-2-4-6-15/h2-6,12-14,16H,7-11H2,1H3,(H,18,19)/t12-,13+,14-,16+/m0/s1. The molecule has 0 unspecified atom stereocenters. The van der Waals surface area contributed by atoms with E-state index < -0.39 is 0 Å². The van der Waals surface area contributed by atoms with Gasteiger partial charge in [-0.1, -0.05) is 24.6 Å². The normalized spacial score (nSPS) is 29.1. The predicted molar refractivity (Wildman–Crippen MR) is 78.5 cm³/mol. The van der Waals surface area contributed by atoms with E-state index in [4.69, 9.17) is 4.74 Å². The van der Waals surface area contributed by atoms with Gasteiger partial charge in [-0.3, -0.25) is 4.79 Å². The van der Waals surface area contributed by atoms with Crippen molar-refractivity contribution in [2.75, 3.05) is 6.61 Å². The molecule has 1 aromatic carbocycles. The summed E-state index contributed by atoms with van der Waals surface area (Å²) in [5, 5.41) is 3.11. The largest absolute Gasteiger partial charge is 0.484 e. The van der Waals surface area contributed by atoms with Gasteiger partial charge in [-0.15, -0.1) is 0 Å². The van der Waals surface area contributed by atoms with Gasteiger partial charge in [0.05, 0.1) is 0 Å². The van der Waals surface area contributed by atoms with Gasteiger partial charge in [0.15, 0.2) is 6.61 Å². The van der Waals surface area contributed by atoms with E-state index in [1.54, 1.807) is 0 Å². The summed E-state index contributed by atoms with van der Waals surface area (Å²) in [5.74, 6) is 3.17. The minimum atomic E-state index is -0.0101. The van der Waals surface area contributed by atoms with Crippen LogP contribution in [0.3, 0.4) is 0 Å². The highest BCUT2D eigenvalue weighted by Crippen LogP contribution is 2.49. The number of hydrogen-bond acceptors (Lipinski definition) is 2. The maximum atomic E-state index is 12.0. The number of carbonyl (C=O) groups is 1. The predicted octanol–water partition coefficient (Wildman–Crippen LogP) is 3.01. The van der Waals surface area contributed by atoms with Crippen LogP contribution in [0.25, 0.3) is 0 Å². The Kier molecular flexibility index (Phi) is 3.95. The topological polar surface area (TPSA) is 38.3 Å². The Bertz CT molecular complexity index is 459. The fraction of sp³-hybridized carbons (Fsp3) is 0.588. The first-order valence-corrected chi connectivity index (χ1v) is 7.69. The van der Waals surface area contributed by atoms with Crippen molar-refractivity contribution in [3.63, 3.8) is 0 Å². The summed E-state index contributed by atoms with van der Waals surface area (Å²) in [5.41, 5.74) is 0. The molecule has 20 heavy (non-hydrogen) atoms. The third kappa shape index (κ3) is 2.97. The number of fused-ring (bicyclic) bond motifs is 2. The number of nitrogens with one attached hydrogen (secondary N) is 1. The van der Waals surface area contributed by atoms with E-state index in [0.717, 1.165) is 17.6 Å². The second-order valence-electron chi connectivity index (χ2n) is 6.30. The van der Waals surface area contributed by atoms with Crippen LogP contribution in [0.1, 0.15) is 32.6 Å². The van der Waals surface area contributed by atoms with Gasteiger partial charge in [0, 0.05) is 6.04 Å². The van der Waals surface area contributed by atoms with E-state index in [2.05, 4.69) is 12.2 Å². The van der Waals surface area contributed by atoms with Crippen molar-refractivity contribution in [2.45, 2.75) is 38.6 Å². The molecule has 0 saturated heterocycles. The van der Waals surface area contributed by atoms with Gasteiger partial charge in [-0.05, 0) is 56.1 Å². The number of benzene rings is 1. The molecule has 2 aliphatic rings. The number of ether oxygens (including phenoxy) is 1. The molecule has 3 rings (SSSR count). The molecule has 2 aliphatic carbocycles. The minimum absolute atomic E-state index is 0.0101. The Morgan fingerprint density at radius 3 is 2.75 bits per heavy atom. The molecule has 2 fully saturated rings. The molecule has 1 aromatic rings. The van der Waals surface area contributed by atoms with Crippen molar-refractivity contribution >= 4 is 5.91 Å². The molecule has 0 heterocycles. The van der Waals surface area contributed by atoms with Gasteiger partial charge < -0.3 is 10.1 Å². The molecule has 1 amide bonds. The minimum Gasteiger partial charge on any atom is -0.484 e. The maximum Gasteiger partial charge on any atom is 0.258 e. The zero-order valence-electron chi connectivity index (χ0n) is 12.0. The lowest BCUT2D eigenvalue weighted by Crippen LogP contribution is -2.42. The highest BCUT2D eigenvalue weighted by molar-refractivity contribution is 5.77. The van der Waals surface area contributed by atoms with E-state index in [-0.39, 0.29) is 18.6 Å². The van der Waals surface area contributed by atoms with Crippen LogP contribution in [-0.4, -0.2) is 18.6 Å². The first-order chi connectivity index (χ1) is 9.72.